The van der Waals surface area contributed by atoms with Crippen molar-refractivity contribution in [3.05, 3.63) is 41.5 Å². The molecule has 4 atom stereocenters. The zero-order valence-electron chi connectivity index (χ0n) is 34.1. The topological polar surface area (TPSA) is 143 Å². The van der Waals surface area contributed by atoms with Crippen molar-refractivity contribution in [1.82, 2.24) is 24.8 Å². The van der Waals surface area contributed by atoms with Gasteiger partial charge in [0.15, 0.2) is 5.82 Å². The number of ether oxygens (including phenoxy) is 4. The maximum absolute atomic E-state index is 17.4. The fourth-order valence-corrected chi connectivity index (χ4v) is 9.85. The number of piperidine rings is 1. The summed E-state index contributed by atoms with van der Waals surface area (Å²) in [6.07, 6.45) is 11.2. The van der Waals surface area contributed by atoms with E-state index >= 15 is 8.78 Å². The minimum absolute atomic E-state index is 0.0294. The van der Waals surface area contributed by atoms with Crippen LogP contribution in [0.2, 0.25) is 0 Å². The number of carbonyl (C=O) groups excluding carboxylic acids is 1. The number of phenols is 1. The first-order valence-electron chi connectivity index (χ1n) is 20.5. The van der Waals surface area contributed by atoms with Gasteiger partial charge in [0.1, 0.15) is 39.6 Å². The Balaban J connectivity index is 1.17. The quantitative estimate of drug-likeness (QED) is 0.184. The van der Waals surface area contributed by atoms with Crippen molar-refractivity contribution in [3.63, 3.8) is 0 Å². The highest BCUT2D eigenvalue weighted by Crippen LogP contribution is 2.49. The highest BCUT2D eigenvalue weighted by molar-refractivity contribution is 6.04. The van der Waals surface area contributed by atoms with Crippen molar-refractivity contribution in [2.45, 2.75) is 77.0 Å². The fraction of sp³-hybridized carbons (Fsp3) is 0.545. The summed E-state index contributed by atoms with van der Waals surface area (Å²) in [5.41, 5.74) is -1.95. The molecule has 4 aliphatic rings. The molecule has 4 fully saturated rings. The zero-order chi connectivity index (χ0) is 41.6. The zero-order valence-corrected chi connectivity index (χ0v) is 34.1. The van der Waals surface area contributed by atoms with Crippen LogP contribution in [0.1, 0.15) is 64.9 Å². The van der Waals surface area contributed by atoms with E-state index in [0.717, 1.165) is 51.6 Å². The van der Waals surface area contributed by atoms with Gasteiger partial charge in [-0.15, -0.1) is 6.42 Å². The number of fused-ring (bicyclic) bond motifs is 3. The van der Waals surface area contributed by atoms with E-state index in [4.69, 9.17) is 35.3 Å². The molecule has 0 bridgehead atoms. The number of rotatable bonds is 9. The van der Waals surface area contributed by atoms with Gasteiger partial charge in [0.25, 0.3) is 0 Å². The van der Waals surface area contributed by atoms with E-state index < -0.39 is 17.2 Å². The molecule has 1 saturated carbocycles. The van der Waals surface area contributed by atoms with Gasteiger partial charge in [-0.3, -0.25) is 4.90 Å². The average molecular weight is 815 g/mol. The van der Waals surface area contributed by atoms with Crippen LogP contribution in [-0.2, 0) is 9.47 Å². The predicted octanol–water partition coefficient (Wildman–Crippen LogP) is 6.29. The maximum Gasteiger partial charge on any atom is 0.410 e. The SMILES string of the molecule is C#Cc1c(F)ccc2cc(O)cc(-c3nc(OC)c4c(N5CCOC[C@@](C)(O)C5)nc(OC[C@]56CCC[C@H]5N(C[C@H]5CCN(C(=O)OC(C)C)C5)CCC6)nc4c3F)c12. The molecule has 1 amide bonds. The first-order chi connectivity index (χ1) is 28.3. The summed E-state index contributed by atoms with van der Waals surface area (Å²) in [6, 6.07) is 5.56. The first-order valence-corrected chi connectivity index (χ1v) is 20.5. The lowest BCUT2D eigenvalue weighted by Crippen LogP contribution is -2.53. The van der Waals surface area contributed by atoms with Crippen LogP contribution in [0.3, 0.4) is 0 Å². The number of aromatic nitrogens is 3. The van der Waals surface area contributed by atoms with E-state index in [9.17, 15) is 15.0 Å². The number of halogens is 2. The van der Waals surface area contributed by atoms with E-state index in [2.05, 4.69) is 15.8 Å². The number of methoxy groups -OCH3 is 1. The van der Waals surface area contributed by atoms with Crippen LogP contribution in [0, 0.1) is 35.3 Å². The molecular formula is C44H52F2N6O7. The monoisotopic (exact) mass is 814 g/mol. The lowest BCUT2D eigenvalue weighted by molar-refractivity contribution is -0.0123. The van der Waals surface area contributed by atoms with E-state index in [1.165, 1.54) is 31.4 Å². The molecule has 0 unspecified atom stereocenters. The van der Waals surface area contributed by atoms with Crippen molar-refractivity contribution in [1.29, 1.82) is 0 Å². The lowest BCUT2D eigenvalue weighted by atomic mass is 9.75. The number of carbonyl (C=O) groups is 1. The molecule has 2 aromatic carbocycles. The second-order valence-corrected chi connectivity index (χ2v) is 17.2. The molecule has 2 N–H and O–H groups in total. The van der Waals surface area contributed by atoms with Crippen LogP contribution in [0.25, 0.3) is 32.9 Å². The molecule has 3 aliphatic heterocycles. The normalized spacial score (nSPS) is 25.0. The van der Waals surface area contributed by atoms with Gasteiger partial charge < -0.3 is 39.0 Å². The van der Waals surface area contributed by atoms with Crippen molar-refractivity contribution in [3.8, 4) is 41.2 Å². The van der Waals surface area contributed by atoms with Gasteiger partial charge in [0.05, 0.1) is 45.1 Å². The number of pyridine rings is 1. The Kier molecular flexibility index (Phi) is 11.2. The number of likely N-dealkylation sites (tertiary alicyclic amines) is 2. The van der Waals surface area contributed by atoms with Crippen molar-refractivity contribution < 1.29 is 42.7 Å². The minimum Gasteiger partial charge on any atom is -0.508 e. The molecule has 314 valence electrons. The Morgan fingerprint density at radius 2 is 1.92 bits per heavy atom. The highest BCUT2D eigenvalue weighted by Gasteiger charge is 2.49. The lowest BCUT2D eigenvalue weighted by Gasteiger charge is -2.47. The second kappa shape index (κ2) is 16.2. The Morgan fingerprint density at radius 3 is 2.69 bits per heavy atom. The van der Waals surface area contributed by atoms with Crippen LogP contribution < -0.4 is 14.4 Å². The fourth-order valence-electron chi connectivity index (χ4n) is 9.85. The Bertz CT molecular complexity index is 2300. The standard InChI is InChI=1S/C44H52F2N6O7/c1-6-30-32(45)11-10-28-19-29(53)20-31(34(28)30)37-36(46)38-35(40(47-37)56-5)39(52-17-18-57-24-43(4,55)23-52)49-41(48-38)58-25-44-13-7-9-33(44)50(15-8-14-44)21-27-12-16-51(22-27)42(54)59-26(2)3/h1,10-11,19-20,26-27,33,53,55H,7-9,12-18,21-25H2,2-5H3/t27-,33-,43+,44-/m1/s1. The molecule has 3 saturated heterocycles. The molecular weight excluding hydrogens is 763 g/mol. The Hall–Kier alpha value is -5.04. The number of hydrogen-bond acceptors (Lipinski definition) is 12. The number of hydrogen-bond donors (Lipinski definition) is 2. The largest absolute Gasteiger partial charge is 0.508 e. The van der Waals surface area contributed by atoms with Gasteiger partial charge in [0.2, 0.25) is 5.88 Å². The van der Waals surface area contributed by atoms with Gasteiger partial charge in [-0.05, 0) is 88.9 Å². The molecule has 0 spiro atoms. The third-order valence-electron chi connectivity index (χ3n) is 12.4. The number of anilines is 1. The summed E-state index contributed by atoms with van der Waals surface area (Å²) in [7, 11) is 1.39. The molecule has 15 heteroatoms. The third-order valence-corrected chi connectivity index (χ3v) is 12.4. The van der Waals surface area contributed by atoms with Crippen molar-refractivity contribution >= 4 is 33.6 Å². The van der Waals surface area contributed by atoms with Crippen molar-refractivity contribution in [2.24, 2.45) is 11.3 Å². The number of aromatic hydroxyl groups is 1. The summed E-state index contributed by atoms with van der Waals surface area (Å²) in [5, 5.41) is 22.7. The van der Waals surface area contributed by atoms with Gasteiger partial charge >= 0.3 is 12.1 Å². The number of β-amino-alcohol motifs (C(OH)–C–C–N with tert-alkyl or cyclic N) is 1. The smallest absolute Gasteiger partial charge is 0.410 e. The number of nitrogens with zero attached hydrogens (tertiary/aromatic N) is 6. The van der Waals surface area contributed by atoms with Gasteiger partial charge in [0, 0.05) is 48.6 Å². The van der Waals surface area contributed by atoms with Crippen molar-refractivity contribution in [2.75, 3.05) is 71.1 Å². The Labute approximate surface area is 342 Å². The molecule has 0 radical (unpaired) electrons. The molecule has 4 aromatic rings. The van der Waals surface area contributed by atoms with Crippen LogP contribution >= 0.6 is 0 Å². The molecule has 5 heterocycles. The van der Waals surface area contributed by atoms with Crippen LogP contribution in [0.15, 0.2) is 24.3 Å². The van der Waals surface area contributed by atoms with Crippen LogP contribution in [-0.4, -0.2) is 125 Å². The molecule has 1 aliphatic carbocycles. The van der Waals surface area contributed by atoms with E-state index in [-0.39, 0.29) is 100.0 Å². The maximum atomic E-state index is 17.4. The van der Waals surface area contributed by atoms with E-state index in [0.29, 0.717) is 37.5 Å². The molecule has 13 nitrogen and oxygen atoms in total. The van der Waals surface area contributed by atoms with E-state index in [1.54, 1.807) is 11.8 Å². The summed E-state index contributed by atoms with van der Waals surface area (Å²) in [6.45, 7) is 9.63. The summed E-state index contributed by atoms with van der Waals surface area (Å²) >= 11 is 0. The van der Waals surface area contributed by atoms with Crippen LogP contribution in [0.5, 0.6) is 17.6 Å². The molecule has 2 aromatic heterocycles. The number of phenolic OH excluding ortho intramolecular Hbond substituents is 1. The molecule has 8 rings (SSSR count). The summed E-state index contributed by atoms with van der Waals surface area (Å²) in [5.74, 6) is 1.17. The average Bonchev–Trinajstić information content (AvgIpc) is 3.82. The first kappa shape index (κ1) is 40.7. The van der Waals surface area contributed by atoms with E-state index in [1.807, 2.05) is 18.7 Å². The third kappa shape index (κ3) is 7.90. The minimum atomic E-state index is -1.27. The second-order valence-electron chi connectivity index (χ2n) is 17.2. The summed E-state index contributed by atoms with van der Waals surface area (Å²) in [4.78, 5) is 33.0. The van der Waals surface area contributed by atoms with Gasteiger partial charge in [-0.2, -0.15) is 9.97 Å². The van der Waals surface area contributed by atoms with Gasteiger partial charge in [-0.1, -0.05) is 18.4 Å². The summed E-state index contributed by atoms with van der Waals surface area (Å²) < 4.78 is 56.1. The number of amides is 1. The number of aliphatic hydroxyl groups is 1. The number of benzene rings is 2. The van der Waals surface area contributed by atoms with Crippen LogP contribution in [0.4, 0.5) is 19.4 Å². The number of terminal acetylenes is 1. The Morgan fingerprint density at radius 1 is 1.10 bits per heavy atom. The predicted molar refractivity (Wildman–Crippen MR) is 218 cm³/mol. The van der Waals surface area contributed by atoms with Gasteiger partial charge in [-0.25, -0.2) is 18.6 Å². The highest BCUT2D eigenvalue weighted by atomic mass is 19.1. The molecule has 59 heavy (non-hydrogen) atoms.